The third kappa shape index (κ3) is 2.96. The molecule has 124 valence electrons. The summed E-state index contributed by atoms with van der Waals surface area (Å²) in [5.74, 6) is -0.659. The number of hydrogen-bond donors (Lipinski definition) is 0. The van der Waals surface area contributed by atoms with Gasteiger partial charge in [-0.2, -0.15) is 0 Å². The van der Waals surface area contributed by atoms with Crippen LogP contribution in [0.1, 0.15) is 35.1 Å². The second kappa shape index (κ2) is 6.40. The first-order chi connectivity index (χ1) is 11.4. The number of halogens is 1. The summed E-state index contributed by atoms with van der Waals surface area (Å²) in [5.41, 5.74) is 1.35. The summed E-state index contributed by atoms with van der Waals surface area (Å²) in [6.07, 6.45) is 0.831. The van der Waals surface area contributed by atoms with Crippen LogP contribution in [0.3, 0.4) is 0 Å². The lowest BCUT2D eigenvalue weighted by Crippen LogP contribution is -2.45. The Kier molecular flexibility index (Phi) is 4.45. The maximum Gasteiger partial charge on any atom is 0.255 e. The highest BCUT2D eigenvalue weighted by atomic mass is 32.2. The van der Waals surface area contributed by atoms with Crippen molar-refractivity contribution in [2.75, 3.05) is 0 Å². The van der Waals surface area contributed by atoms with Gasteiger partial charge in [-0.3, -0.25) is 4.79 Å². The molecule has 5 heteroatoms. The molecule has 3 nitrogen and oxygen atoms in total. The number of carbonyl (C=O) groups is 2. The molecule has 1 amide bonds. The molecule has 0 radical (unpaired) electrons. The Bertz CT molecular complexity index is 746. The zero-order valence-electron chi connectivity index (χ0n) is 13.5. The highest BCUT2D eigenvalue weighted by molar-refractivity contribution is 8.01. The van der Waals surface area contributed by atoms with E-state index < -0.39 is 16.6 Å². The smallest absolute Gasteiger partial charge is 0.255 e. The van der Waals surface area contributed by atoms with Crippen LogP contribution in [0.2, 0.25) is 0 Å². The van der Waals surface area contributed by atoms with Crippen LogP contribution in [0.4, 0.5) is 4.39 Å². The summed E-state index contributed by atoms with van der Waals surface area (Å²) in [6.45, 7) is 3.93. The lowest BCUT2D eigenvalue weighted by atomic mass is 10.0. The molecule has 1 aliphatic heterocycles. The summed E-state index contributed by atoms with van der Waals surface area (Å²) >= 11 is 1.59. The van der Waals surface area contributed by atoms with Gasteiger partial charge in [-0.1, -0.05) is 30.3 Å². The Hall–Kier alpha value is -2.14. The molecule has 0 N–H and O–H groups in total. The second-order valence-electron chi connectivity index (χ2n) is 6.28. The first kappa shape index (κ1) is 16.7. The van der Waals surface area contributed by atoms with Crippen molar-refractivity contribution in [3.05, 3.63) is 71.5 Å². The molecule has 1 aliphatic rings. The third-order valence-corrected chi connectivity index (χ3v) is 5.79. The van der Waals surface area contributed by atoms with E-state index in [-0.39, 0.29) is 11.3 Å². The predicted molar refractivity (Wildman–Crippen MR) is 93.3 cm³/mol. The van der Waals surface area contributed by atoms with Gasteiger partial charge in [0.25, 0.3) is 5.91 Å². The number of rotatable bonds is 3. The normalized spacial score (nSPS) is 22.4. The van der Waals surface area contributed by atoms with Crippen LogP contribution < -0.4 is 0 Å². The molecule has 2 aromatic rings. The number of amides is 1. The van der Waals surface area contributed by atoms with E-state index in [0.29, 0.717) is 5.56 Å². The van der Waals surface area contributed by atoms with Crippen LogP contribution in [-0.2, 0) is 4.79 Å². The van der Waals surface area contributed by atoms with Crippen molar-refractivity contribution >= 4 is 24.0 Å². The zero-order chi connectivity index (χ0) is 17.3. The van der Waals surface area contributed by atoms with Crippen LogP contribution in [0.15, 0.2) is 54.6 Å². The van der Waals surface area contributed by atoms with E-state index in [1.165, 1.54) is 24.3 Å². The summed E-state index contributed by atoms with van der Waals surface area (Å²) in [7, 11) is 0. The van der Waals surface area contributed by atoms with Crippen LogP contribution in [0, 0.1) is 5.82 Å². The number of nitrogens with zero attached hydrogens (tertiary/aromatic N) is 1. The van der Waals surface area contributed by atoms with Crippen molar-refractivity contribution in [2.24, 2.45) is 0 Å². The average Bonchev–Trinajstić information content (AvgIpc) is 2.86. The maximum absolute atomic E-state index is 13.1. The van der Waals surface area contributed by atoms with E-state index in [0.717, 1.165) is 11.8 Å². The monoisotopic (exact) mass is 343 g/mol. The molecule has 1 unspecified atom stereocenters. The lowest BCUT2D eigenvalue weighted by Gasteiger charge is -2.29. The predicted octanol–water partition coefficient (Wildman–Crippen LogP) is 4.06. The van der Waals surface area contributed by atoms with Gasteiger partial charge < -0.3 is 9.69 Å². The number of aldehydes is 1. The Morgan fingerprint density at radius 2 is 1.75 bits per heavy atom. The Labute approximate surface area is 144 Å². The van der Waals surface area contributed by atoms with Gasteiger partial charge >= 0.3 is 0 Å². The molecule has 1 heterocycles. The maximum atomic E-state index is 13.1. The summed E-state index contributed by atoms with van der Waals surface area (Å²) in [6, 6.07) is 14.5. The van der Waals surface area contributed by atoms with E-state index >= 15 is 0 Å². The van der Waals surface area contributed by atoms with Gasteiger partial charge in [0.15, 0.2) is 0 Å². The molecule has 2 aromatic carbocycles. The Morgan fingerprint density at radius 3 is 2.33 bits per heavy atom. The van der Waals surface area contributed by atoms with Gasteiger partial charge in [0.05, 0.1) is 0 Å². The average molecular weight is 343 g/mol. The fourth-order valence-electron chi connectivity index (χ4n) is 2.95. The van der Waals surface area contributed by atoms with Gasteiger partial charge in [-0.05, 0) is 43.7 Å². The van der Waals surface area contributed by atoms with Gasteiger partial charge in [0.1, 0.15) is 23.5 Å². The van der Waals surface area contributed by atoms with Crippen molar-refractivity contribution in [3.63, 3.8) is 0 Å². The first-order valence-electron chi connectivity index (χ1n) is 7.70. The fraction of sp³-hybridized carbons (Fsp3) is 0.263. The van der Waals surface area contributed by atoms with Crippen LogP contribution >= 0.6 is 11.8 Å². The third-order valence-electron chi connectivity index (χ3n) is 4.22. The van der Waals surface area contributed by atoms with Crippen molar-refractivity contribution in [1.82, 2.24) is 4.90 Å². The SMILES string of the molecule is CC1(C)SC(c2ccccc2)N(C(=O)c2ccc(F)cc2)[C@H]1C=O. The van der Waals surface area contributed by atoms with E-state index in [4.69, 9.17) is 0 Å². The van der Waals surface area contributed by atoms with Crippen molar-refractivity contribution in [1.29, 1.82) is 0 Å². The first-order valence-corrected chi connectivity index (χ1v) is 8.58. The quantitative estimate of drug-likeness (QED) is 0.789. The van der Waals surface area contributed by atoms with Crippen molar-refractivity contribution < 1.29 is 14.0 Å². The number of benzene rings is 2. The van der Waals surface area contributed by atoms with Crippen LogP contribution in [0.25, 0.3) is 0 Å². The molecular weight excluding hydrogens is 325 g/mol. The van der Waals surface area contributed by atoms with Gasteiger partial charge in [-0.25, -0.2) is 4.39 Å². The molecular formula is C19H18FNO2S. The highest BCUT2D eigenvalue weighted by Gasteiger charge is 2.50. The summed E-state index contributed by atoms with van der Waals surface area (Å²) < 4.78 is 12.7. The van der Waals surface area contributed by atoms with E-state index in [1.807, 2.05) is 44.2 Å². The molecule has 0 bridgehead atoms. The number of hydrogen-bond acceptors (Lipinski definition) is 3. The second-order valence-corrected chi connectivity index (χ2v) is 8.02. The molecule has 3 rings (SSSR count). The summed E-state index contributed by atoms with van der Waals surface area (Å²) in [5, 5.41) is -0.256. The van der Waals surface area contributed by atoms with E-state index in [1.54, 1.807) is 16.7 Å². The summed E-state index contributed by atoms with van der Waals surface area (Å²) in [4.78, 5) is 26.4. The number of carbonyl (C=O) groups excluding carboxylic acids is 2. The highest BCUT2D eigenvalue weighted by Crippen LogP contribution is 2.52. The molecule has 0 aliphatic carbocycles. The minimum Gasteiger partial charge on any atom is -0.311 e. The number of thioether (sulfide) groups is 1. The zero-order valence-corrected chi connectivity index (χ0v) is 14.3. The topological polar surface area (TPSA) is 37.4 Å². The van der Waals surface area contributed by atoms with Gasteiger partial charge in [0.2, 0.25) is 0 Å². The fourth-order valence-corrected chi connectivity index (χ4v) is 4.46. The van der Waals surface area contributed by atoms with E-state index in [9.17, 15) is 14.0 Å². The largest absolute Gasteiger partial charge is 0.311 e. The lowest BCUT2D eigenvalue weighted by molar-refractivity contribution is -0.112. The van der Waals surface area contributed by atoms with E-state index in [2.05, 4.69) is 0 Å². The Morgan fingerprint density at radius 1 is 1.12 bits per heavy atom. The molecule has 0 aromatic heterocycles. The molecule has 1 saturated heterocycles. The molecule has 0 spiro atoms. The molecule has 0 saturated carbocycles. The van der Waals surface area contributed by atoms with Crippen LogP contribution in [0.5, 0.6) is 0 Å². The van der Waals surface area contributed by atoms with Crippen LogP contribution in [-0.4, -0.2) is 27.9 Å². The minimum atomic E-state index is -0.551. The standard InChI is InChI=1S/C19H18FNO2S/c1-19(2)16(12-22)21(17(23)13-8-10-15(20)11-9-13)18(24-19)14-6-4-3-5-7-14/h3-12,16,18H,1-2H3/t16-,18?/m0/s1. The Balaban J connectivity index is 2.03. The molecule has 2 atom stereocenters. The molecule has 1 fully saturated rings. The van der Waals surface area contributed by atoms with Gasteiger partial charge in [-0.15, -0.1) is 11.8 Å². The van der Waals surface area contributed by atoms with Gasteiger partial charge in [0, 0.05) is 10.3 Å². The molecule has 24 heavy (non-hydrogen) atoms. The van der Waals surface area contributed by atoms with Crippen molar-refractivity contribution in [2.45, 2.75) is 30.0 Å². The minimum absolute atomic E-state index is 0.256. The van der Waals surface area contributed by atoms with Crippen molar-refractivity contribution in [3.8, 4) is 0 Å².